The molecule has 2 aliphatic rings. The second-order valence-electron chi connectivity index (χ2n) is 5.42. The van der Waals surface area contributed by atoms with Gasteiger partial charge in [0.05, 0.1) is 4.91 Å². The monoisotopic (exact) mass is 372 g/mol. The Morgan fingerprint density at radius 3 is 2.80 bits per heavy atom. The number of hydrogen-bond donors (Lipinski definition) is 1. The van der Waals surface area contributed by atoms with Crippen molar-refractivity contribution in [1.29, 1.82) is 0 Å². The van der Waals surface area contributed by atoms with Gasteiger partial charge in [0.2, 0.25) is 0 Å². The van der Waals surface area contributed by atoms with Crippen molar-refractivity contribution in [3.05, 3.63) is 59.2 Å². The van der Waals surface area contributed by atoms with Gasteiger partial charge in [0.25, 0.3) is 5.91 Å². The molecule has 25 heavy (non-hydrogen) atoms. The maximum absolute atomic E-state index is 12.3. The topological polar surface area (TPSA) is 60.9 Å². The molecule has 1 aromatic carbocycles. The zero-order valence-corrected chi connectivity index (χ0v) is 15.1. The molecular weight excluding hydrogens is 356 g/mol. The highest BCUT2D eigenvalue weighted by atomic mass is 32.2. The van der Waals surface area contributed by atoms with Gasteiger partial charge >= 0.3 is 5.97 Å². The van der Waals surface area contributed by atoms with Crippen LogP contribution in [0.4, 0.5) is 5.69 Å². The van der Waals surface area contributed by atoms with E-state index in [9.17, 15) is 9.59 Å². The number of carbonyl (C=O) groups is 2. The van der Waals surface area contributed by atoms with Crippen LogP contribution in [0.2, 0.25) is 0 Å². The number of allylic oxidation sites excluding steroid dienone is 4. The molecule has 0 bridgehead atoms. The molecule has 1 fully saturated rings. The number of amides is 1. The summed E-state index contributed by atoms with van der Waals surface area (Å²) in [7, 11) is 0. The predicted octanol–water partition coefficient (Wildman–Crippen LogP) is 3.25. The molecule has 0 radical (unpaired) electrons. The number of carboxylic acid groups (broad SMARTS) is 1. The normalized spacial score (nSPS) is 19.9. The molecule has 7 heteroatoms. The first-order valence-electron chi connectivity index (χ1n) is 7.73. The minimum absolute atomic E-state index is 0.272. The lowest BCUT2D eigenvalue weighted by molar-refractivity contribution is -0.140. The highest BCUT2D eigenvalue weighted by Gasteiger charge is 2.33. The fourth-order valence-corrected chi connectivity index (χ4v) is 3.88. The standard InChI is InChI=1S/C18H16N2O3S2/c1-2-19-10-9-12(13-5-3-4-6-14(13)19)7-8-15-17(23)20(11-16(21)22)18(24)25-15/h3-10H,2,11H2,1H3,(H,21,22)/b12-7+,15-8+. The molecule has 3 rings (SSSR count). The van der Waals surface area contributed by atoms with Gasteiger partial charge in [-0.1, -0.05) is 48.3 Å². The summed E-state index contributed by atoms with van der Waals surface area (Å²) in [5, 5.41) is 8.88. The number of rotatable bonds is 4. The molecule has 0 aromatic heterocycles. The molecule has 0 saturated carbocycles. The molecule has 128 valence electrons. The third-order valence-electron chi connectivity index (χ3n) is 3.88. The van der Waals surface area contributed by atoms with Gasteiger partial charge in [0.15, 0.2) is 0 Å². The van der Waals surface area contributed by atoms with Crippen molar-refractivity contribution >= 4 is 51.4 Å². The molecule has 1 saturated heterocycles. The van der Waals surface area contributed by atoms with Crippen LogP contribution in [0.5, 0.6) is 0 Å². The number of nitrogens with zero attached hydrogens (tertiary/aromatic N) is 2. The van der Waals surface area contributed by atoms with Gasteiger partial charge in [-0.2, -0.15) is 0 Å². The van der Waals surface area contributed by atoms with Crippen molar-refractivity contribution in [1.82, 2.24) is 4.90 Å². The lowest BCUT2D eigenvalue weighted by Gasteiger charge is -2.26. The summed E-state index contributed by atoms with van der Waals surface area (Å²) >= 11 is 6.23. The van der Waals surface area contributed by atoms with E-state index in [0.717, 1.165) is 40.0 Å². The van der Waals surface area contributed by atoms with E-state index < -0.39 is 12.5 Å². The van der Waals surface area contributed by atoms with E-state index in [-0.39, 0.29) is 10.2 Å². The first-order valence-corrected chi connectivity index (χ1v) is 8.95. The van der Waals surface area contributed by atoms with Gasteiger partial charge in [-0.05, 0) is 30.7 Å². The average Bonchev–Trinajstić information content (AvgIpc) is 2.86. The van der Waals surface area contributed by atoms with Crippen LogP contribution in [0.25, 0.3) is 5.57 Å². The number of thiocarbonyl (C=S) groups is 1. The molecule has 1 amide bonds. The Balaban J connectivity index is 1.89. The summed E-state index contributed by atoms with van der Waals surface area (Å²) in [6, 6.07) is 8.07. The number of carbonyl (C=O) groups excluding carboxylic acids is 1. The predicted molar refractivity (Wildman–Crippen MR) is 104 cm³/mol. The van der Waals surface area contributed by atoms with E-state index in [1.807, 2.05) is 36.6 Å². The highest BCUT2D eigenvalue weighted by molar-refractivity contribution is 8.26. The minimum Gasteiger partial charge on any atom is -0.480 e. The SMILES string of the molecule is CCN1C=C/C(=C\C=C2\SC(=S)N(CC(=O)O)C2=O)c2ccccc21. The molecule has 0 aliphatic carbocycles. The van der Waals surface area contributed by atoms with Gasteiger partial charge in [-0.3, -0.25) is 14.5 Å². The van der Waals surface area contributed by atoms with Crippen LogP contribution in [0.15, 0.2) is 53.6 Å². The van der Waals surface area contributed by atoms with E-state index in [2.05, 4.69) is 17.9 Å². The van der Waals surface area contributed by atoms with Crippen LogP contribution in [0.3, 0.4) is 0 Å². The Kier molecular flexibility index (Phi) is 5.06. The van der Waals surface area contributed by atoms with Crippen LogP contribution >= 0.6 is 24.0 Å². The second kappa shape index (κ2) is 7.25. The number of anilines is 1. The van der Waals surface area contributed by atoms with Crippen molar-refractivity contribution in [2.24, 2.45) is 0 Å². The van der Waals surface area contributed by atoms with E-state index in [1.54, 1.807) is 6.08 Å². The lowest BCUT2D eigenvalue weighted by Crippen LogP contribution is -2.33. The number of benzene rings is 1. The molecule has 1 aromatic rings. The van der Waals surface area contributed by atoms with Crippen molar-refractivity contribution in [3.8, 4) is 0 Å². The summed E-state index contributed by atoms with van der Waals surface area (Å²) < 4.78 is 0.272. The summed E-state index contributed by atoms with van der Waals surface area (Å²) in [6.45, 7) is 2.55. The Morgan fingerprint density at radius 2 is 2.08 bits per heavy atom. The summed E-state index contributed by atoms with van der Waals surface area (Å²) in [5.41, 5.74) is 3.19. The number of thioether (sulfide) groups is 1. The molecular formula is C18H16N2O3S2. The maximum atomic E-state index is 12.3. The van der Waals surface area contributed by atoms with Gasteiger partial charge in [-0.25, -0.2) is 0 Å². The summed E-state index contributed by atoms with van der Waals surface area (Å²) in [6.07, 6.45) is 7.59. The first kappa shape index (κ1) is 17.4. The third-order valence-corrected chi connectivity index (χ3v) is 5.28. The van der Waals surface area contributed by atoms with Gasteiger partial charge in [0.1, 0.15) is 10.9 Å². The minimum atomic E-state index is -1.08. The largest absolute Gasteiger partial charge is 0.480 e. The molecule has 5 nitrogen and oxygen atoms in total. The summed E-state index contributed by atoms with van der Waals surface area (Å²) in [4.78, 5) is 26.8. The fourth-order valence-electron chi connectivity index (χ4n) is 2.68. The second-order valence-corrected chi connectivity index (χ2v) is 7.10. The molecule has 1 N–H and O–H groups in total. The molecule has 2 heterocycles. The van der Waals surface area contributed by atoms with Crippen molar-refractivity contribution in [2.75, 3.05) is 18.0 Å². The van der Waals surface area contributed by atoms with Crippen LogP contribution in [-0.4, -0.2) is 39.3 Å². The quantitative estimate of drug-likeness (QED) is 0.647. The van der Waals surface area contributed by atoms with E-state index >= 15 is 0 Å². The van der Waals surface area contributed by atoms with Crippen LogP contribution < -0.4 is 4.90 Å². The van der Waals surface area contributed by atoms with Crippen LogP contribution in [0, 0.1) is 0 Å². The Bertz CT molecular complexity index is 842. The number of hydrogen-bond acceptors (Lipinski definition) is 5. The van der Waals surface area contributed by atoms with Crippen molar-refractivity contribution in [2.45, 2.75) is 6.92 Å². The Morgan fingerprint density at radius 1 is 1.32 bits per heavy atom. The number of fused-ring (bicyclic) bond motifs is 1. The number of aliphatic carboxylic acids is 1. The average molecular weight is 372 g/mol. The van der Waals surface area contributed by atoms with Crippen molar-refractivity contribution < 1.29 is 14.7 Å². The Labute approximate surface area is 155 Å². The molecule has 2 aliphatic heterocycles. The van der Waals surface area contributed by atoms with Crippen molar-refractivity contribution in [3.63, 3.8) is 0 Å². The van der Waals surface area contributed by atoms with E-state index in [0.29, 0.717) is 4.91 Å². The van der Waals surface area contributed by atoms with Crippen LogP contribution in [-0.2, 0) is 9.59 Å². The molecule has 0 unspecified atom stereocenters. The highest BCUT2D eigenvalue weighted by Crippen LogP contribution is 2.34. The lowest BCUT2D eigenvalue weighted by atomic mass is 9.99. The molecule has 0 atom stereocenters. The third kappa shape index (κ3) is 3.52. The van der Waals surface area contributed by atoms with Gasteiger partial charge in [-0.15, -0.1) is 0 Å². The number of carboxylic acids is 1. The van der Waals surface area contributed by atoms with E-state index in [1.165, 1.54) is 0 Å². The Hall–Kier alpha value is -2.38. The van der Waals surface area contributed by atoms with E-state index in [4.69, 9.17) is 17.3 Å². The fraction of sp³-hybridized carbons (Fsp3) is 0.167. The number of para-hydroxylation sites is 1. The zero-order chi connectivity index (χ0) is 18.0. The zero-order valence-electron chi connectivity index (χ0n) is 13.5. The van der Waals surface area contributed by atoms with Gasteiger partial charge in [0, 0.05) is 24.0 Å². The maximum Gasteiger partial charge on any atom is 0.323 e. The van der Waals surface area contributed by atoms with Gasteiger partial charge < -0.3 is 10.0 Å². The first-order chi connectivity index (χ1) is 12.0. The molecule has 0 spiro atoms. The van der Waals surface area contributed by atoms with Crippen LogP contribution in [0.1, 0.15) is 12.5 Å². The smallest absolute Gasteiger partial charge is 0.323 e. The summed E-state index contributed by atoms with van der Waals surface area (Å²) in [5.74, 6) is -1.45.